The lowest BCUT2D eigenvalue weighted by molar-refractivity contribution is 0.0509. The number of rotatable bonds is 5. The molecule has 2 aromatic rings. The molecule has 0 aromatic heterocycles. The van der Waals surface area contributed by atoms with Crippen LogP contribution in [0.5, 0.6) is 0 Å². The second-order valence-corrected chi connectivity index (χ2v) is 4.58. The number of hydrogen-bond acceptors (Lipinski definition) is 2. The van der Waals surface area contributed by atoms with Gasteiger partial charge in [-0.1, -0.05) is 42.5 Å². The number of benzene rings is 2. The third-order valence-corrected chi connectivity index (χ3v) is 3.12. The summed E-state index contributed by atoms with van der Waals surface area (Å²) in [4.78, 5) is 0. The average Bonchev–Trinajstić information content (AvgIpc) is 2.46. The molecule has 4 heteroatoms. The minimum Gasteiger partial charge on any atom is -0.384 e. The normalized spacial score (nSPS) is 12.1. The van der Waals surface area contributed by atoms with Gasteiger partial charge in [0.05, 0.1) is 12.7 Å². The maximum Gasteiger partial charge on any atom is 0.129 e. The molecule has 0 aliphatic heterocycles. The molecular formula is C16H17FN2O. The molecule has 2 rings (SSSR count). The molecule has 0 radical (unpaired) electrons. The van der Waals surface area contributed by atoms with Gasteiger partial charge in [0.1, 0.15) is 11.7 Å². The number of hydrogen-bond donors (Lipinski definition) is 2. The van der Waals surface area contributed by atoms with Crippen molar-refractivity contribution in [1.29, 1.82) is 5.41 Å². The van der Waals surface area contributed by atoms with Crippen LogP contribution in [0.4, 0.5) is 4.39 Å². The minimum absolute atomic E-state index is 0.108. The zero-order chi connectivity index (χ0) is 14.5. The number of ether oxygens (including phenoxy) is 1. The van der Waals surface area contributed by atoms with Gasteiger partial charge in [0.2, 0.25) is 0 Å². The summed E-state index contributed by atoms with van der Waals surface area (Å²) in [5, 5.41) is 7.26. The van der Waals surface area contributed by atoms with Gasteiger partial charge in [-0.3, -0.25) is 5.41 Å². The fraction of sp³-hybridized carbons (Fsp3) is 0.188. The lowest BCUT2D eigenvalue weighted by Gasteiger charge is -2.14. The van der Waals surface area contributed by atoms with Crippen LogP contribution < -0.4 is 5.73 Å². The SMILES string of the molecule is CC(OCc1ccc(C(=N)N)cc1F)c1ccccc1. The van der Waals surface area contributed by atoms with Crippen LogP contribution in [0.3, 0.4) is 0 Å². The van der Waals surface area contributed by atoms with E-state index in [-0.39, 0.29) is 18.5 Å². The van der Waals surface area contributed by atoms with Crippen LogP contribution >= 0.6 is 0 Å². The Labute approximate surface area is 117 Å². The van der Waals surface area contributed by atoms with E-state index >= 15 is 0 Å². The standard InChI is InChI=1S/C16H17FN2O/c1-11(12-5-3-2-4-6-12)20-10-14-8-7-13(16(18)19)9-15(14)17/h2-9,11H,10H2,1H3,(H3,18,19). The zero-order valence-corrected chi connectivity index (χ0v) is 11.3. The quantitative estimate of drug-likeness (QED) is 0.647. The Morgan fingerprint density at radius 2 is 1.95 bits per heavy atom. The molecular weight excluding hydrogens is 255 g/mol. The summed E-state index contributed by atoms with van der Waals surface area (Å²) in [6.45, 7) is 2.11. The molecule has 1 unspecified atom stereocenters. The molecule has 0 amide bonds. The van der Waals surface area contributed by atoms with Gasteiger partial charge in [0, 0.05) is 11.1 Å². The topological polar surface area (TPSA) is 59.1 Å². The molecule has 3 nitrogen and oxygen atoms in total. The molecule has 0 bridgehead atoms. The van der Waals surface area contributed by atoms with Crippen molar-refractivity contribution in [2.75, 3.05) is 0 Å². The summed E-state index contributed by atoms with van der Waals surface area (Å²) in [5.74, 6) is -0.549. The van der Waals surface area contributed by atoms with Crippen LogP contribution in [0.1, 0.15) is 29.7 Å². The Morgan fingerprint density at radius 1 is 1.25 bits per heavy atom. The van der Waals surface area contributed by atoms with Gasteiger partial charge in [-0.05, 0) is 18.6 Å². The highest BCUT2D eigenvalue weighted by Crippen LogP contribution is 2.19. The van der Waals surface area contributed by atoms with Crippen molar-refractivity contribution in [3.05, 3.63) is 71.0 Å². The molecule has 1 atom stereocenters. The molecule has 0 saturated heterocycles. The Kier molecular flexibility index (Phi) is 4.48. The maximum absolute atomic E-state index is 13.8. The highest BCUT2D eigenvalue weighted by Gasteiger charge is 2.09. The third-order valence-electron chi connectivity index (χ3n) is 3.12. The highest BCUT2D eigenvalue weighted by molar-refractivity contribution is 5.94. The van der Waals surface area contributed by atoms with Crippen LogP contribution in [0.2, 0.25) is 0 Å². The van der Waals surface area contributed by atoms with E-state index in [2.05, 4.69) is 0 Å². The smallest absolute Gasteiger partial charge is 0.129 e. The van der Waals surface area contributed by atoms with E-state index in [1.54, 1.807) is 12.1 Å². The zero-order valence-electron chi connectivity index (χ0n) is 11.3. The first-order valence-electron chi connectivity index (χ1n) is 6.37. The number of amidine groups is 1. The summed E-state index contributed by atoms with van der Waals surface area (Å²) in [7, 11) is 0. The van der Waals surface area contributed by atoms with Gasteiger partial charge >= 0.3 is 0 Å². The Bertz CT molecular complexity index is 599. The Morgan fingerprint density at radius 3 is 2.55 bits per heavy atom. The van der Waals surface area contributed by atoms with Crippen molar-refractivity contribution < 1.29 is 9.13 Å². The van der Waals surface area contributed by atoms with Crippen LogP contribution in [0, 0.1) is 11.2 Å². The van der Waals surface area contributed by atoms with Gasteiger partial charge in [-0.15, -0.1) is 0 Å². The third kappa shape index (κ3) is 3.42. The first-order valence-corrected chi connectivity index (χ1v) is 6.37. The van der Waals surface area contributed by atoms with E-state index in [4.69, 9.17) is 15.9 Å². The van der Waals surface area contributed by atoms with Crippen LogP contribution in [-0.2, 0) is 11.3 Å². The molecule has 0 heterocycles. The largest absolute Gasteiger partial charge is 0.384 e. The van der Waals surface area contributed by atoms with E-state index in [9.17, 15) is 4.39 Å². The molecule has 0 spiro atoms. The van der Waals surface area contributed by atoms with Crippen molar-refractivity contribution in [2.24, 2.45) is 5.73 Å². The number of halogens is 1. The summed E-state index contributed by atoms with van der Waals surface area (Å²) in [5.41, 5.74) is 7.20. The van der Waals surface area contributed by atoms with Crippen LogP contribution in [0.25, 0.3) is 0 Å². The maximum atomic E-state index is 13.8. The van der Waals surface area contributed by atoms with Crippen LogP contribution in [-0.4, -0.2) is 5.84 Å². The second kappa shape index (κ2) is 6.30. The molecule has 2 aromatic carbocycles. The summed E-state index contributed by atoms with van der Waals surface area (Å²) in [6.07, 6.45) is -0.108. The molecule has 20 heavy (non-hydrogen) atoms. The van der Waals surface area contributed by atoms with Crippen molar-refractivity contribution in [3.63, 3.8) is 0 Å². The van der Waals surface area contributed by atoms with Gasteiger partial charge in [0.25, 0.3) is 0 Å². The van der Waals surface area contributed by atoms with Crippen LogP contribution in [0.15, 0.2) is 48.5 Å². The lowest BCUT2D eigenvalue weighted by Crippen LogP contribution is -2.12. The van der Waals surface area contributed by atoms with E-state index in [1.165, 1.54) is 6.07 Å². The predicted octanol–water partition coefficient (Wildman–Crippen LogP) is 3.39. The number of nitrogens with two attached hydrogens (primary N) is 1. The van der Waals surface area contributed by atoms with E-state index < -0.39 is 5.82 Å². The van der Waals surface area contributed by atoms with Crippen molar-refractivity contribution in [1.82, 2.24) is 0 Å². The monoisotopic (exact) mass is 272 g/mol. The fourth-order valence-electron chi connectivity index (χ4n) is 1.87. The van der Waals surface area contributed by atoms with Gasteiger partial charge < -0.3 is 10.5 Å². The van der Waals surface area contributed by atoms with E-state index in [0.29, 0.717) is 11.1 Å². The summed E-state index contributed by atoms with van der Waals surface area (Å²) >= 11 is 0. The fourth-order valence-corrected chi connectivity index (χ4v) is 1.87. The van der Waals surface area contributed by atoms with Crippen molar-refractivity contribution >= 4 is 5.84 Å². The molecule has 0 saturated carbocycles. The van der Waals surface area contributed by atoms with E-state index in [1.807, 2.05) is 37.3 Å². The van der Waals surface area contributed by atoms with Crippen molar-refractivity contribution in [2.45, 2.75) is 19.6 Å². The highest BCUT2D eigenvalue weighted by atomic mass is 19.1. The molecule has 3 N–H and O–H groups in total. The van der Waals surface area contributed by atoms with E-state index in [0.717, 1.165) is 5.56 Å². The molecule has 104 valence electrons. The number of nitrogens with one attached hydrogen (secondary N) is 1. The predicted molar refractivity (Wildman–Crippen MR) is 77.1 cm³/mol. The van der Waals surface area contributed by atoms with Crippen molar-refractivity contribution in [3.8, 4) is 0 Å². The Hall–Kier alpha value is -2.20. The minimum atomic E-state index is -0.405. The second-order valence-electron chi connectivity index (χ2n) is 4.58. The molecule has 0 aliphatic rings. The summed E-state index contributed by atoms with van der Waals surface area (Å²) < 4.78 is 19.5. The van der Waals surface area contributed by atoms with Gasteiger partial charge in [0.15, 0.2) is 0 Å². The number of nitrogen functional groups attached to an aromatic ring is 1. The lowest BCUT2D eigenvalue weighted by atomic mass is 10.1. The first-order chi connectivity index (χ1) is 9.58. The molecule has 0 aliphatic carbocycles. The first kappa shape index (κ1) is 14.2. The Balaban J connectivity index is 2.02. The molecule has 0 fully saturated rings. The summed E-state index contributed by atoms with van der Waals surface area (Å²) in [6, 6.07) is 14.3. The van der Waals surface area contributed by atoms with Gasteiger partial charge in [-0.2, -0.15) is 0 Å². The average molecular weight is 272 g/mol. The van der Waals surface area contributed by atoms with Gasteiger partial charge in [-0.25, -0.2) is 4.39 Å².